The molecule has 0 spiro atoms. The molecule has 2 nitrogen and oxygen atoms in total. The number of halogens is 1. The first-order chi connectivity index (χ1) is 5.66. The van der Waals surface area contributed by atoms with Gasteiger partial charge in [0.15, 0.2) is 5.58 Å². The highest BCUT2D eigenvalue weighted by atomic mass is 35.5. The van der Waals surface area contributed by atoms with Gasteiger partial charge in [0.1, 0.15) is 0 Å². The number of aryl methyl sites for hydroxylation is 1. The van der Waals surface area contributed by atoms with E-state index in [9.17, 15) is 4.79 Å². The van der Waals surface area contributed by atoms with E-state index in [-0.39, 0.29) is 4.94 Å². The van der Waals surface area contributed by atoms with E-state index in [1.165, 1.54) is 0 Å². The van der Waals surface area contributed by atoms with Crippen molar-refractivity contribution in [3.05, 3.63) is 32.5 Å². The Morgan fingerprint density at radius 3 is 3.00 bits per heavy atom. The van der Waals surface area contributed by atoms with Crippen LogP contribution in [-0.2, 0) is 0 Å². The maximum absolute atomic E-state index is 10.9. The lowest BCUT2D eigenvalue weighted by atomic mass is 10.2. The van der Waals surface area contributed by atoms with Crippen LogP contribution in [0.25, 0.3) is 10.3 Å². The average Bonchev–Trinajstić information content (AvgIpc) is 2.29. The number of hydrogen-bond donors (Lipinski definition) is 0. The molecule has 2 rings (SSSR count). The first-order valence-electron chi connectivity index (χ1n) is 3.36. The SMILES string of the molecule is Cc1cc(Cl)cc2sc(=O)oc12. The van der Waals surface area contributed by atoms with Crippen molar-refractivity contribution in [3.63, 3.8) is 0 Å². The Hall–Kier alpha value is -0.800. The van der Waals surface area contributed by atoms with Crippen LogP contribution in [0.4, 0.5) is 0 Å². The smallest absolute Gasteiger partial charge is 0.396 e. The Labute approximate surface area is 77.4 Å². The van der Waals surface area contributed by atoms with Gasteiger partial charge in [0.2, 0.25) is 0 Å². The summed E-state index contributed by atoms with van der Waals surface area (Å²) >= 11 is 6.87. The maximum atomic E-state index is 10.9. The van der Waals surface area contributed by atoms with Crippen LogP contribution in [-0.4, -0.2) is 0 Å². The van der Waals surface area contributed by atoms with Crippen LogP contribution in [0.2, 0.25) is 5.02 Å². The second kappa shape index (κ2) is 2.61. The van der Waals surface area contributed by atoms with Gasteiger partial charge in [-0.2, -0.15) is 0 Å². The molecular formula is C8H5ClO2S. The Morgan fingerprint density at radius 1 is 1.50 bits per heavy atom. The van der Waals surface area contributed by atoms with E-state index in [1.807, 2.05) is 6.92 Å². The second-order valence-electron chi connectivity index (χ2n) is 2.50. The summed E-state index contributed by atoms with van der Waals surface area (Å²) in [5.74, 6) is 0. The summed E-state index contributed by atoms with van der Waals surface area (Å²) in [7, 11) is 0. The normalized spacial score (nSPS) is 10.8. The first-order valence-corrected chi connectivity index (χ1v) is 4.56. The van der Waals surface area contributed by atoms with Crippen molar-refractivity contribution in [2.45, 2.75) is 6.92 Å². The monoisotopic (exact) mass is 200 g/mol. The summed E-state index contributed by atoms with van der Waals surface area (Å²) in [6.07, 6.45) is 0. The van der Waals surface area contributed by atoms with Crippen LogP contribution in [0, 0.1) is 6.92 Å². The molecule has 0 bridgehead atoms. The fraction of sp³-hybridized carbons (Fsp3) is 0.125. The van der Waals surface area contributed by atoms with Crippen molar-refractivity contribution < 1.29 is 4.42 Å². The third-order valence-corrected chi connectivity index (χ3v) is 2.58. The van der Waals surface area contributed by atoms with E-state index in [2.05, 4.69) is 0 Å². The molecule has 2 aromatic rings. The number of fused-ring (bicyclic) bond motifs is 1. The highest BCUT2D eigenvalue weighted by Crippen LogP contribution is 2.24. The molecule has 0 N–H and O–H groups in total. The summed E-state index contributed by atoms with van der Waals surface area (Å²) in [4.78, 5) is 10.6. The van der Waals surface area contributed by atoms with Gasteiger partial charge in [0, 0.05) is 5.02 Å². The molecule has 0 fully saturated rings. The summed E-state index contributed by atoms with van der Waals surface area (Å²) < 4.78 is 5.77. The summed E-state index contributed by atoms with van der Waals surface area (Å²) in [6, 6.07) is 3.51. The lowest BCUT2D eigenvalue weighted by Crippen LogP contribution is -1.80. The van der Waals surface area contributed by atoms with Gasteiger partial charge < -0.3 is 4.42 Å². The highest BCUT2D eigenvalue weighted by Gasteiger charge is 2.05. The molecule has 1 heterocycles. The molecular weight excluding hydrogens is 196 g/mol. The van der Waals surface area contributed by atoms with Gasteiger partial charge in [-0.25, -0.2) is 4.79 Å². The fourth-order valence-electron chi connectivity index (χ4n) is 1.10. The highest BCUT2D eigenvalue weighted by molar-refractivity contribution is 7.16. The van der Waals surface area contributed by atoms with Gasteiger partial charge in [-0.3, -0.25) is 0 Å². The van der Waals surface area contributed by atoms with Gasteiger partial charge in [0.05, 0.1) is 4.70 Å². The van der Waals surface area contributed by atoms with Crippen molar-refractivity contribution in [1.29, 1.82) is 0 Å². The molecule has 1 aromatic carbocycles. The molecule has 0 saturated heterocycles. The van der Waals surface area contributed by atoms with Crippen molar-refractivity contribution in [2.24, 2.45) is 0 Å². The third kappa shape index (κ3) is 1.15. The molecule has 0 aliphatic heterocycles. The number of hydrogen-bond acceptors (Lipinski definition) is 3. The van der Waals surface area contributed by atoms with Crippen molar-refractivity contribution in [3.8, 4) is 0 Å². The standard InChI is InChI=1S/C8H5ClO2S/c1-4-2-5(9)3-6-7(4)11-8(10)12-6/h2-3H,1H3. The molecule has 0 amide bonds. The molecule has 0 atom stereocenters. The van der Waals surface area contributed by atoms with E-state index < -0.39 is 0 Å². The number of benzene rings is 1. The van der Waals surface area contributed by atoms with Crippen molar-refractivity contribution in [1.82, 2.24) is 0 Å². The largest absolute Gasteiger partial charge is 0.414 e. The zero-order valence-corrected chi connectivity index (χ0v) is 7.83. The molecule has 1 aromatic heterocycles. The van der Waals surface area contributed by atoms with Crippen molar-refractivity contribution in [2.75, 3.05) is 0 Å². The zero-order valence-electron chi connectivity index (χ0n) is 6.26. The molecule has 0 unspecified atom stereocenters. The van der Waals surface area contributed by atoms with Gasteiger partial charge in [-0.1, -0.05) is 22.9 Å². The van der Waals surface area contributed by atoms with E-state index in [0.29, 0.717) is 10.6 Å². The van der Waals surface area contributed by atoms with Gasteiger partial charge in [0.25, 0.3) is 0 Å². The van der Waals surface area contributed by atoms with Crippen LogP contribution in [0.1, 0.15) is 5.56 Å². The van der Waals surface area contributed by atoms with Crippen LogP contribution in [0.3, 0.4) is 0 Å². The quantitative estimate of drug-likeness (QED) is 0.655. The molecule has 62 valence electrons. The third-order valence-electron chi connectivity index (χ3n) is 1.58. The Bertz CT molecular complexity index is 483. The second-order valence-corrected chi connectivity index (χ2v) is 3.92. The topological polar surface area (TPSA) is 30.2 Å². The maximum Gasteiger partial charge on any atom is 0.396 e. The minimum Gasteiger partial charge on any atom is -0.414 e. The molecule has 0 radical (unpaired) electrons. The van der Waals surface area contributed by atoms with E-state index >= 15 is 0 Å². The molecule has 12 heavy (non-hydrogen) atoms. The van der Waals surface area contributed by atoms with E-state index in [0.717, 1.165) is 21.6 Å². The van der Waals surface area contributed by atoms with Crippen LogP contribution in [0.5, 0.6) is 0 Å². The lowest BCUT2D eigenvalue weighted by molar-refractivity contribution is 0.583. The van der Waals surface area contributed by atoms with Crippen LogP contribution in [0.15, 0.2) is 21.3 Å². The van der Waals surface area contributed by atoms with Crippen LogP contribution >= 0.6 is 22.9 Å². The predicted octanol–water partition coefficient (Wildman–Crippen LogP) is 2.82. The summed E-state index contributed by atoms with van der Waals surface area (Å²) in [6.45, 7) is 1.86. The summed E-state index contributed by atoms with van der Waals surface area (Å²) in [5, 5.41) is 0.636. The van der Waals surface area contributed by atoms with Gasteiger partial charge >= 0.3 is 4.94 Å². The Kier molecular flexibility index (Phi) is 1.70. The molecule has 0 saturated carbocycles. The molecule has 0 aliphatic carbocycles. The Balaban J connectivity index is 2.97. The van der Waals surface area contributed by atoms with Gasteiger partial charge in [-0.05, 0) is 24.6 Å². The average molecular weight is 201 g/mol. The molecule has 4 heteroatoms. The van der Waals surface area contributed by atoms with Crippen molar-refractivity contribution >= 4 is 33.2 Å². The number of rotatable bonds is 0. The molecule has 0 aliphatic rings. The minimum absolute atomic E-state index is 0.282. The first kappa shape index (κ1) is 7.83. The zero-order chi connectivity index (χ0) is 8.72. The minimum atomic E-state index is -0.282. The lowest BCUT2D eigenvalue weighted by Gasteiger charge is -1.93. The van der Waals surface area contributed by atoms with Gasteiger partial charge in [-0.15, -0.1) is 0 Å². The Morgan fingerprint density at radius 2 is 2.25 bits per heavy atom. The van der Waals surface area contributed by atoms with E-state index in [1.54, 1.807) is 12.1 Å². The summed E-state index contributed by atoms with van der Waals surface area (Å²) in [5.41, 5.74) is 1.55. The van der Waals surface area contributed by atoms with Crippen LogP contribution < -0.4 is 4.94 Å². The predicted molar refractivity (Wildman–Crippen MR) is 50.1 cm³/mol. The fourth-order valence-corrected chi connectivity index (χ4v) is 2.22. The van der Waals surface area contributed by atoms with E-state index in [4.69, 9.17) is 16.0 Å².